The first-order chi connectivity index (χ1) is 8.34. The third-order valence-electron chi connectivity index (χ3n) is 3.71. The normalized spacial score (nSPS) is 23.5. The Balaban J connectivity index is 1.59. The van der Waals surface area contributed by atoms with E-state index in [4.69, 9.17) is 0 Å². The number of hydrogen-bond acceptors (Lipinski definition) is 3. The van der Waals surface area contributed by atoms with Crippen LogP contribution in [-0.4, -0.2) is 36.0 Å². The number of nitrogens with one attached hydrogen (secondary N) is 2. The van der Waals surface area contributed by atoms with Crippen molar-refractivity contribution in [1.82, 2.24) is 10.6 Å². The van der Waals surface area contributed by atoms with Crippen molar-refractivity contribution in [2.75, 3.05) is 18.8 Å². The Hall–Kier alpha value is -0.220. The topological polar surface area (TPSA) is 41.1 Å². The van der Waals surface area contributed by atoms with Gasteiger partial charge in [0.25, 0.3) is 0 Å². The van der Waals surface area contributed by atoms with Gasteiger partial charge in [0, 0.05) is 11.3 Å². The van der Waals surface area contributed by atoms with Crippen molar-refractivity contribution in [1.29, 1.82) is 0 Å². The van der Waals surface area contributed by atoms with Gasteiger partial charge < -0.3 is 10.6 Å². The van der Waals surface area contributed by atoms with Crippen LogP contribution in [0.4, 0.5) is 0 Å². The van der Waals surface area contributed by atoms with Crippen LogP contribution in [0.15, 0.2) is 0 Å². The molecule has 4 heteroatoms. The minimum atomic E-state index is 0.250. The summed E-state index contributed by atoms with van der Waals surface area (Å²) in [7, 11) is 0. The van der Waals surface area contributed by atoms with Crippen LogP contribution in [0.3, 0.4) is 0 Å². The molecule has 3 nitrogen and oxygen atoms in total. The molecule has 0 spiro atoms. The summed E-state index contributed by atoms with van der Waals surface area (Å²) in [6.45, 7) is 2.23. The third-order valence-corrected chi connectivity index (χ3v) is 5.08. The van der Waals surface area contributed by atoms with Crippen LogP contribution in [-0.2, 0) is 4.79 Å². The molecule has 0 atom stereocenters. The molecule has 1 aliphatic heterocycles. The van der Waals surface area contributed by atoms with Crippen molar-refractivity contribution in [2.24, 2.45) is 0 Å². The van der Waals surface area contributed by atoms with Crippen LogP contribution in [0.25, 0.3) is 0 Å². The number of hydrogen-bond donors (Lipinski definition) is 2. The Kier molecular flexibility index (Phi) is 5.65. The first-order valence-corrected chi connectivity index (χ1v) is 8.01. The third kappa shape index (κ3) is 4.88. The zero-order valence-corrected chi connectivity index (χ0v) is 11.4. The molecule has 1 amide bonds. The summed E-state index contributed by atoms with van der Waals surface area (Å²) in [4.78, 5) is 11.8. The maximum Gasteiger partial charge on any atom is 0.230 e. The van der Waals surface area contributed by atoms with Gasteiger partial charge in [-0.25, -0.2) is 0 Å². The van der Waals surface area contributed by atoms with Gasteiger partial charge in [0.1, 0.15) is 0 Å². The van der Waals surface area contributed by atoms with Crippen molar-refractivity contribution in [3.63, 3.8) is 0 Å². The van der Waals surface area contributed by atoms with Gasteiger partial charge in [-0.3, -0.25) is 4.79 Å². The van der Waals surface area contributed by atoms with Crippen molar-refractivity contribution in [3.8, 4) is 0 Å². The summed E-state index contributed by atoms with van der Waals surface area (Å²) in [5.74, 6) is 0.904. The van der Waals surface area contributed by atoms with Gasteiger partial charge in [-0.2, -0.15) is 0 Å². The number of carbonyl (C=O) groups excluding carboxylic acids is 1. The molecule has 0 bridgehead atoms. The highest BCUT2D eigenvalue weighted by Gasteiger charge is 2.18. The van der Waals surface area contributed by atoms with Crippen LogP contribution in [0.5, 0.6) is 0 Å². The fourth-order valence-corrected chi connectivity index (χ4v) is 3.71. The lowest BCUT2D eigenvalue weighted by Crippen LogP contribution is -2.38. The lowest BCUT2D eigenvalue weighted by Gasteiger charge is -2.24. The van der Waals surface area contributed by atoms with Crippen molar-refractivity contribution in [3.05, 3.63) is 0 Å². The van der Waals surface area contributed by atoms with E-state index in [-0.39, 0.29) is 5.91 Å². The van der Waals surface area contributed by atoms with Gasteiger partial charge in [-0.1, -0.05) is 19.3 Å². The molecule has 0 aromatic carbocycles. The van der Waals surface area contributed by atoms with Crippen LogP contribution in [0, 0.1) is 0 Å². The first kappa shape index (κ1) is 13.2. The summed E-state index contributed by atoms with van der Waals surface area (Å²) in [5, 5.41) is 7.23. The SMILES string of the molecule is O=C(CSC1CCNCC1)NC1CCCCC1. The number of thioether (sulfide) groups is 1. The summed E-state index contributed by atoms with van der Waals surface area (Å²) < 4.78 is 0. The highest BCUT2D eigenvalue weighted by atomic mass is 32.2. The Bertz CT molecular complexity index is 236. The van der Waals surface area contributed by atoms with E-state index in [1.807, 2.05) is 11.8 Å². The molecule has 1 saturated heterocycles. The molecule has 0 aromatic heterocycles. The van der Waals surface area contributed by atoms with E-state index in [1.165, 1.54) is 44.9 Å². The average molecular weight is 256 g/mol. The van der Waals surface area contributed by atoms with Crippen molar-refractivity contribution >= 4 is 17.7 Å². The minimum absolute atomic E-state index is 0.250. The van der Waals surface area contributed by atoms with Crippen LogP contribution in [0.2, 0.25) is 0 Å². The Morgan fingerprint density at radius 3 is 2.53 bits per heavy atom. The molecule has 0 aromatic rings. The molecule has 0 unspecified atom stereocenters. The maximum atomic E-state index is 11.8. The lowest BCUT2D eigenvalue weighted by molar-refractivity contribution is -0.119. The molecule has 1 saturated carbocycles. The molecule has 98 valence electrons. The Labute approximate surface area is 108 Å². The fourth-order valence-electron chi connectivity index (χ4n) is 2.67. The van der Waals surface area contributed by atoms with E-state index in [0.717, 1.165) is 13.1 Å². The predicted molar refractivity (Wildman–Crippen MR) is 73.4 cm³/mol. The largest absolute Gasteiger partial charge is 0.353 e. The van der Waals surface area contributed by atoms with Gasteiger partial charge in [0.2, 0.25) is 5.91 Å². The molecular weight excluding hydrogens is 232 g/mol. The van der Waals surface area contributed by atoms with Crippen LogP contribution >= 0.6 is 11.8 Å². The van der Waals surface area contributed by atoms with E-state index in [2.05, 4.69) is 10.6 Å². The molecular formula is C13H24N2OS. The second kappa shape index (κ2) is 7.27. The fraction of sp³-hybridized carbons (Fsp3) is 0.923. The molecule has 2 fully saturated rings. The molecule has 2 aliphatic rings. The highest BCUT2D eigenvalue weighted by molar-refractivity contribution is 8.00. The Morgan fingerprint density at radius 1 is 1.12 bits per heavy atom. The second-order valence-corrected chi connectivity index (χ2v) is 6.45. The van der Waals surface area contributed by atoms with E-state index in [0.29, 0.717) is 17.0 Å². The number of amides is 1. The number of piperidine rings is 1. The van der Waals surface area contributed by atoms with Gasteiger partial charge >= 0.3 is 0 Å². The summed E-state index contributed by atoms with van der Waals surface area (Å²) in [5.41, 5.74) is 0. The van der Waals surface area contributed by atoms with Crippen LogP contribution < -0.4 is 10.6 Å². The first-order valence-electron chi connectivity index (χ1n) is 6.96. The van der Waals surface area contributed by atoms with Crippen molar-refractivity contribution in [2.45, 2.75) is 56.2 Å². The number of carbonyl (C=O) groups is 1. The van der Waals surface area contributed by atoms with Gasteiger partial charge in [-0.15, -0.1) is 11.8 Å². The lowest BCUT2D eigenvalue weighted by atomic mass is 9.95. The quantitative estimate of drug-likeness (QED) is 0.807. The molecule has 1 heterocycles. The van der Waals surface area contributed by atoms with Crippen molar-refractivity contribution < 1.29 is 4.79 Å². The maximum absolute atomic E-state index is 11.8. The monoisotopic (exact) mass is 256 g/mol. The van der Waals surface area contributed by atoms with Gasteiger partial charge in [0.15, 0.2) is 0 Å². The summed E-state index contributed by atoms with van der Waals surface area (Å²) in [6.07, 6.45) is 8.70. The molecule has 0 radical (unpaired) electrons. The number of rotatable bonds is 4. The molecule has 2 N–H and O–H groups in total. The molecule has 1 aliphatic carbocycles. The van der Waals surface area contributed by atoms with Gasteiger partial charge in [-0.05, 0) is 38.8 Å². The van der Waals surface area contributed by atoms with E-state index in [1.54, 1.807) is 0 Å². The van der Waals surface area contributed by atoms with E-state index in [9.17, 15) is 4.79 Å². The second-order valence-electron chi connectivity index (χ2n) is 5.16. The van der Waals surface area contributed by atoms with E-state index >= 15 is 0 Å². The Morgan fingerprint density at radius 2 is 1.82 bits per heavy atom. The summed E-state index contributed by atoms with van der Waals surface area (Å²) in [6, 6.07) is 0.463. The average Bonchev–Trinajstić information content (AvgIpc) is 2.39. The highest BCUT2D eigenvalue weighted by Crippen LogP contribution is 2.21. The summed E-state index contributed by atoms with van der Waals surface area (Å²) >= 11 is 1.84. The predicted octanol–water partition coefficient (Wildman–Crippen LogP) is 1.92. The minimum Gasteiger partial charge on any atom is -0.353 e. The van der Waals surface area contributed by atoms with Crippen LogP contribution in [0.1, 0.15) is 44.9 Å². The smallest absolute Gasteiger partial charge is 0.230 e. The van der Waals surface area contributed by atoms with E-state index < -0.39 is 0 Å². The molecule has 2 rings (SSSR count). The van der Waals surface area contributed by atoms with Gasteiger partial charge in [0.05, 0.1) is 5.75 Å². The zero-order chi connectivity index (χ0) is 11.9. The standard InChI is InChI=1S/C13H24N2OS/c16-13(15-11-4-2-1-3-5-11)10-17-12-6-8-14-9-7-12/h11-12,14H,1-10H2,(H,15,16). The zero-order valence-electron chi connectivity index (χ0n) is 10.5. The molecule has 17 heavy (non-hydrogen) atoms.